The van der Waals surface area contributed by atoms with Crippen LogP contribution in [0.4, 0.5) is 19.1 Å². The Hall–Kier alpha value is -5.51. The van der Waals surface area contributed by atoms with Crippen molar-refractivity contribution in [2.24, 2.45) is 10.9 Å². The molecule has 0 saturated carbocycles. The summed E-state index contributed by atoms with van der Waals surface area (Å²) in [6.45, 7) is 7.68. The van der Waals surface area contributed by atoms with Crippen molar-refractivity contribution in [2.45, 2.75) is 62.4 Å². The Morgan fingerprint density at radius 2 is 1.77 bits per heavy atom. The van der Waals surface area contributed by atoms with Crippen molar-refractivity contribution in [3.63, 3.8) is 0 Å². The largest absolute Gasteiger partial charge is 0.492 e. The van der Waals surface area contributed by atoms with Gasteiger partial charge < -0.3 is 34.3 Å². The van der Waals surface area contributed by atoms with E-state index < -0.39 is 41.4 Å². The lowest BCUT2D eigenvalue weighted by molar-refractivity contribution is -0.140. The molecule has 21 heteroatoms. The first-order valence-corrected chi connectivity index (χ1v) is 19.9. The number of imide groups is 2. The van der Waals surface area contributed by atoms with Crippen molar-refractivity contribution >= 4 is 54.7 Å². The Morgan fingerprint density at radius 1 is 1.02 bits per heavy atom. The number of alkyl halides is 3. The lowest BCUT2D eigenvalue weighted by atomic mass is 9.92. The number of carbonyl (C=O) groups is 4. The van der Waals surface area contributed by atoms with Gasteiger partial charge >= 0.3 is 6.18 Å². The number of anilines is 1. The number of nitrogen functional groups attached to an aromatic ring is 1. The minimum absolute atomic E-state index is 0.0572. The van der Waals surface area contributed by atoms with Crippen molar-refractivity contribution < 1.29 is 56.0 Å². The molecule has 6 rings (SSSR count). The van der Waals surface area contributed by atoms with E-state index in [1.165, 1.54) is 42.3 Å². The number of nitrogens with zero attached hydrogens (tertiary/aromatic N) is 6. The third kappa shape index (κ3) is 12.3. The highest BCUT2D eigenvalue weighted by atomic mass is 32.1. The first-order chi connectivity index (χ1) is 29.2. The molecule has 0 bridgehead atoms. The molecule has 3 aromatic rings. The van der Waals surface area contributed by atoms with E-state index in [1.54, 1.807) is 13.2 Å². The number of rotatable bonds is 18. The first kappa shape index (κ1) is 46.6. The van der Waals surface area contributed by atoms with Crippen LogP contribution in [0.1, 0.15) is 70.6 Å². The second-order valence-corrected chi connectivity index (χ2v) is 14.6. The lowest BCUT2D eigenvalue weighted by Crippen LogP contribution is -2.54. The fourth-order valence-electron chi connectivity index (χ4n) is 7.01. The summed E-state index contributed by atoms with van der Waals surface area (Å²) in [5.41, 5.74) is 5.02. The first-order valence-electron chi connectivity index (χ1n) is 19.5. The molecule has 2 aromatic carbocycles. The molecule has 61 heavy (non-hydrogen) atoms. The van der Waals surface area contributed by atoms with Crippen molar-refractivity contribution in [1.82, 2.24) is 29.9 Å². The van der Waals surface area contributed by atoms with Crippen LogP contribution in [0.2, 0.25) is 0 Å². The summed E-state index contributed by atoms with van der Waals surface area (Å²) < 4.78 is 67.7. The number of fused-ring (bicyclic) bond motifs is 1. The third-order valence-corrected chi connectivity index (χ3v) is 10.5. The van der Waals surface area contributed by atoms with Crippen molar-refractivity contribution in [1.29, 1.82) is 0 Å². The topological polar surface area (TPSA) is 202 Å². The SMILES string of the molecule is C=N/C=C(/OC)c1nc(N)nn1COC.O=C1CCC(N2C(=O)c3ccc(OCCOCCN4CCC(CCCOc5cccc(C(F)(F)F)c5S)CC4)cc3C2=O)C(=O)N1. The number of halogens is 3. The van der Waals surface area contributed by atoms with Crippen LogP contribution >= 0.6 is 12.6 Å². The molecular weight excluding hydrogens is 826 g/mol. The molecule has 4 heterocycles. The quantitative estimate of drug-likeness (QED) is 0.0532. The number of amides is 4. The molecule has 2 saturated heterocycles. The van der Waals surface area contributed by atoms with E-state index in [2.05, 4.69) is 44.6 Å². The summed E-state index contributed by atoms with van der Waals surface area (Å²) in [6.07, 6.45) is 0.874. The Bertz CT molecular complexity index is 2070. The molecule has 3 aliphatic rings. The van der Waals surface area contributed by atoms with Gasteiger partial charge in [-0.1, -0.05) is 6.07 Å². The highest BCUT2D eigenvalue weighted by Gasteiger charge is 2.44. The van der Waals surface area contributed by atoms with Gasteiger partial charge in [-0.15, -0.1) is 17.7 Å². The van der Waals surface area contributed by atoms with Crippen LogP contribution in [0.25, 0.3) is 5.76 Å². The smallest absolute Gasteiger partial charge is 0.417 e. The molecule has 17 nitrogen and oxygen atoms in total. The average molecular weight is 875 g/mol. The summed E-state index contributed by atoms with van der Waals surface area (Å²) >= 11 is 4.01. The van der Waals surface area contributed by atoms with Crippen LogP contribution in [0.3, 0.4) is 0 Å². The van der Waals surface area contributed by atoms with E-state index in [4.69, 9.17) is 29.4 Å². The summed E-state index contributed by atoms with van der Waals surface area (Å²) in [5.74, 6) is -0.125. The van der Waals surface area contributed by atoms with E-state index in [9.17, 15) is 32.3 Å². The monoisotopic (exact) mass is 874 g/mol. The van der Waals surface area contributed by atoms with Crippen molar-refractivity contribution in [2.75, 3.05) is 66.0 Å². The normalized spacial score (nSPS) is 17.4. The Balaban J connectivity index is 0.000000396. The standard InChI is InChI=1S/C32H36F3N3O7S.C8H13N5O2/c33-32(34,35)24-4-1-5-26(28(24)46)45-15-2-3-20-10-12-37(13-11-20)14-16-43-17-18-44-21-6-7-22-23(19-21)31(42)38(30(22)41)25-8-9-27(39)36-29(25)40;1-10-4-6(15-3)7-11-8(9)12-13(7)5-14-2/h1,4-7,19-20,25,46H,2-3,8-18H2,(H,36,39,40);4H,1,5H2,2-3H3,(H2,9,12)/b;6-4+. The number of nitrogens with two attached hydrogens (primary N) is 1. The minimum Gasteiger partial charge on any atom is -0.492 e. The molecule has 3 N–H and O–H groups in total. The third-order valence-electron chi connectivity index (χ3n) is 10.1. The lowest BCUT2D eigenvalue weighted by Gasteiger charge is -2.31. The number of nitrogens with one attached hydrogen (secondary N) is 1. The predicted molar refractivity (Wildman–Crippen MR) is 218 cm³/mol. The minimum atomic E-state index is -4.47. The molecule has 0 aliphatic carbocycles. The van der Waals surface area contributed by atoms with Crippen LogP contribution < -0.4 is 20.5 Å². The second kappa shape index (κ2) is 21.8. The second-order valence-electron chi connectivity index (χ2n) is 14.1. The van der Waals surface area contributed by atoms with Gasteiger partial charge in [0.1, 0.15) is 30.9 Å². The highest BCUT2D eigenvalue weighted by molar-refractivity contribution is 7.80. The molecule has 330 valence electrons. The van der Waals surface area contributed by atoms with Crippen LogP contribution in [-0.4, -0.2) is 121 Å². The summed E-state index contributed by atoms with van der Waals surface area (Å²) in [4.78, 5) is 60.1. The summed E-state index contributed by atoms with van der Waals surface area (Å²) in [5, 5.41) is 6.10. The molecule has 1 atom stereocenters. The fraction of sp³-hybridized carbons (Fsp3) is 0.475. The molecule has 0 radical (unpaired) electrons. The number of hydrogen-bond donors (Lipinski definition) is 3. The maximum atomic E-state index is 13.1. The van der Waals surface area contributed by atoms with Gasteiger partial charge in [-0.05, 0) is 88.2 Å². The molecule has 2 fully saturated rings. The number of piperidine rings is 2. The van der Waals surface area contributed by atoms with E-state index in [1.807, 2.05) is 0 Å². The van der Waals surface area contributed by atoms with Gasteiger partial charge in [-0.25, -0.2) is 4.68 Å². The van der Waals surface area contributed by atoms with Crippen LogP contribution in [0.5, 0.6) is 11.5 Å². The maximum absolute atomic E-state index is 13.1. The number of likely N-dealkylation sites (tertiary alicyclic amines) is 1. The van der Waals surface area contributed by atoms with Gasteiger partial charge in [0.2, 0.25) is 17.8 Å². The number of aliphatic imine (C=N–C) groups is 1. The molecule has 1 unspecified atom stereocenters. The van der Waals surface area contributed by atoms with E-state index in [0.29, 0.717) is 43.1 Å². The molecule has 4 amide bonds. The molecule has 3 aliphatic heterocycles. The van der Waals surface area contributed by atoms with Gasteiger partial charge in [-0.3, -0.25) is 34.4 Å². The van der Waals surface area contributed by atoms with Crippen LogP contribution in [-0.2, 0) is 36.7 Å². The zero-order valence-electron chi connectivity index (χ0n) is 33.8. The molecular formula is C40H49F3N8O9S. The van der Waals surface area contributed by atoms with E-state index in [-0.39, 0.29) is 53.9 Å². The number of ether oxygens (including phenoxy) is 5. The number of methoxy groups -OCH3 is 2. The Morgan fingerprint density at radius 3 is 2.46 bits per heavy atom. The van der Waals surface area contributed by atoms with E-state index in [0.717, 1.165) is 56.3 Å². The van der Waals surface area contributed by atoms with Crippen LogP contribution in [0.15, 0.2) is 52.5 Å². The summed E-state index contributed by atoms with van der Waals surface area (Å²) in [7, 11) is 3.04. The zero-order valence-corrected chi connectivity index (χ0v) is 34.7. The number of aromatic nitrogens is 3. The van der Waals surface area contributed by atoms with E-state index >= 15 is 0 Å². The number of carbonyl (C=O) groups excluding carboxylic acids is 4. The van der Waals surface area contributed by atoms with Crippen LogP contribution in [0, 0.1) is 5.92 Å². The highest BCUT2D eigenvalue weighted by Crippen LogP contribution is 2.38. The number of hydrogen-bond acceptors (Lipinski definition) is 15. The van der Waals surface area contributed by atoms with Crippen molar-refractivity contribution in [3.8, 4) is 11.5 Å². The average Bonchev–Trinajstić information content (AvgIpc) is 3.71. The fourth-order valence-corrected chi connectivity index (χ4v) is 7.35. The van der Waals surface area contributed by atoms with Gasteiger partial charge in [0.15, 0.2) is 11.6 Å². The number of thiol groups is 1. The number of benzene rings is 2. The zero-order chi connectivity index (χ0) is 44.1. The maximum Gasteiger partial charge on any atom is 0.417 e. The Labute approximate surface area is 355 Å². The van der Waals surface area contributed by atoms with Gasteiger partial charge in [0.25, 0.3) is 11.8 Å². The van der Waals surface area contributed by atoms with Crippen molar-refractivity contribution in [3.05, 3.63) is 65.1 Å². The van der Waals surface area contributed by atoms with Gasteiger partial charge in [-0.2, -0.15) is 18.2 Å². The Kier molecular flexibility index (Phi) is 16.7. The summed E-state index contributed by atoms with van der Waals surface area (Å²) in [6, 6.07) is 7.39. The predicted octanol–water partition coefficient (Wildman–Crippen LogP) is 4.47. The molecule has 1 aromatic heterocycles. The molecule has 0 spiro atoms. The van der Waals surface area contributed by atoms with Gasteiger partial charge in [0, 0.05) is 20.1 Å². The van der Waals surface area contributed by atoms with Gasteiger partial charge in [0.05, 0.1) is 54.7 Å².